The maximum atomic E-state index is 14.3. The van der Waals surface area contributed by atoms with Gasteiger partial charge in [0.15, 0.2) is 11.6 Å². The molecule has 2 amide bonds. The molecule has 0 N–H and O–H groups in total. The number of amides is 2. The number of carbonyl (C=O) groups is 1. The van der Waals surface area contributed by atoms with Crippen molar-refractivity contribution in [3.8, 4) is 5.75 Å². The van der Waals surface area contributed by atoms with Crippen molar-refractivity contribution in [1.29, 1.82) is 0 Å². The van der Waals surface area contributed by atoms with Crippen molar-refractivity contribution in [3.05, 3.63) is 63.4 Å². The largest absolute Gasteiger partial charge is 0.490 e. The summed E-state index contributed by atoms with van der Waals surface area (Å²) in [7, 11) is -3.36. The second-order valence-electron chi connectivity index (χ2n) is 9.33. The number of benzene rings is 2. The number of alkyl halides is 3. The molecule has 0 unspecified atom stereocenters. The number of carbonyl (C=O) groups excluding carboxylic acids is 1. The zero-order chi connectivity index (χ0) is 27.8. The molecule has 2 fully saturated rings. The van der Waals surface area contributed by atoms with Gasteiger partial charge < -0.3 is 14.5 Å². The van der Waals surface area contributed by atoms with Crippen LogP contribution in [0.1, 0.15) is 17.0 Å². The Labute approximate surface area is 227 Å². The highest BCUT2D eigenvalue weighted by Gasteiger charge is 2.40. The molecule has 2 saturated heterocycles. The van der Waals surface area contributed by atoms with Crippen LogP contribution in [0.4, 0.5) is 22.4 Å². The number of piperazine rings is 1. The smallest absolute Gasteiger partial charge is 0.416 e. The molecule has 2 heterocycles. The Hall–Kier alpha value is -2.28. The predicted octanol–water partition coefficient (Wildman–Crippen LogP) is 4.94. The van der Waals surface area contributed by atoms with Crippen molar-refractivity contribution in [2.75, 3.05) is 52.1 Å². The summed E-state index contributed by atoms with van der Waals surface area (Å²) in [5.74, 6) is -2.18. The molecule has 208 valence electrons. The van der Waals surface area contributed by atoms with Gasteiger partial charge in [0.2, 0.25) is 10.0 Å². The van der Waals surface area contributed by atoms with Gasteiger partial charge in [-0.3, -0.25) is 0 Å². The molecule has 0 aromatic heterocycles. The molecule has 7 nitrogen and oxygen atoms in total. The summed E-state index contributed by atoms with van der Waals surface area (Å²) >= 11 is 12.3. The Balaban J connectivity index is 1.52. The van der Waals surface area contributed by atoms with E-state index in [1.165, 1.54) is 4.31 Å². The van der Waals surface area contributed by atoms with E-state index in [-0.39, 0.29) is 57.8 Å². The van der Waals surface area contributed by atoms with Crippen LogP contribution in [-0.2, 0) is 16.2 Å². The molecule has 0 saturated carbocycles. The lowest BCUT2D eigenvalue weighted by atomic mass is 9.89. The van der Waals surface area contributed by atoms with Crippen LogP contribution in [0.3, 0.4) is 0 Å². The lowest BCUT2D eigenvalue weighted by Crippen LogP contribution is -2.53. The first-order valence-corrected chi connectivity index (χ1v) is 14.3. The van der Waals surface area contributed by atoms with Crippen molar-refractivity contribution in [2.45, 2.75) is 12.1 Å². The monoisotopic (exact) mass is 597 g/mol. The molecule has 0 spiro atoms. The lowest BCUT2D eigenvalue weighted by Gasteiger charge is -2.35. The molecule has 2 atom stereocenters. The fourth-order valence-electron chi connectivity index (χ4n) is 4.72. The zero-order valence-corrected chi connectivity index (χ0v) is 22.5. The molecule has 0 bridgehead atoms. The normalized spacial score (nSPS) is 21.1. The zero-order valence-electron chi connectivity index (χ0n) is 20.2. The molecule has 0 aliphatic carbocycles. The van der Waals surface area contributed by atoms with Crippen molar-refractivity contribution < 1.29 is 35.5 Å². The second-order valence-corrected chi connectivity index (χ2v) is 12.1. The Morgan fingerprint density at radius 1 is 1.00 bits per heavy atom. The van der Waals surface area contributed by atoms with Gasteiger partial charge in [0.1, 0.15) is 0 Å². The average Bonchev–Trinajstić information content (AvgIpc) is 3.28. The maximum absolute atomic E-state index is 14.3. The molecule has 0 radical (unpaired) electrons. The highest BCUT2D eigenvalue weighted by atomic mass is 35.5. The number of urea groups is 1. The maximum Gasteiger partial charge on any atom is 0.416 e. The topological polar surface area (TPSA) is 70.2 Å². The van der Waals surface area contributed by atoms with E-state index in [0.29, 0.717) is 28.2 Å². The van der Waals surface area contributed by atoms with Gasteiger partial charge in [-0.2, -0.15) is 17.5 Å². The van der Waals surface area contributed by atoms with Crippen LogP contribution in [0.15, 0.2) is 36.4 Å². The number of likely N-dealkylation sites (tertiary alicyclic amines) is 1. The van der Waals surface area contributed by atoms with E-state index in [4.69, 9.17) is 27.9 Å². The molecule has 2 aromatic carbocycles. The molecule has 14 heteroatoms. The van der Waals surface area contributed by atoms with Crippen LogP contribution in [0.2, 0.25) is 10.0 Å². The Morgan fingerprint density at radius 3 is 2.29 bits per heavy atom. The van der Waals surface area contributed by atoms with Gasteiger partial charge in [0.25, 0.3) is 0 Å². The van der Waals surface area contributed by atoms with E-state index in [0.717, 1.165) is 11.8 Å². The number of hydrogen-bond acceptors (Lipinski definition) is 4. The minimum absolute atomic E-state index is 0.158. The quantitative estimate of drug-likeness (QED) is 0.458. The minimum Gasteiger partial charge on any atom is -0.490 e. The summed E-state index contributed by atoms with van der Waals surface area (Å²) in [5.41, 5.74) is -0.291. The van der Waals surface area contributed by atoms with Crippen LogP contribution in [-0.4, -0.2) is 80.7 Å². The van der Waals surface area contributed by atoms with E-state index in [9.17, 15) is 30.8 Å². The van der Waals surface area contributed by atoms with Crippen molar-refractivity contribution in [1.82, 2.24) is 14.1 Å². The van der Waals surface area contributed by atoms with Crippen molar-refractivity contribution in [3.63, 3.8) is 0 Å². The molecular weight excluding hydrogens is 573 g/mol. The Bertz CT molecular complexity index is 1300. The standard InChI is InChI=1S/C24H25Cl2F4N3O4S/c1-38(35,36)33-8-6-31(7-9-33)23(34)32-12-16(18(13-32)15-2-4-19(25)20(26)10-15)14-37-22-11-17(24(28,29)30)3-5-21(22)27/h2-5,10-11,16,18H,6-9,12-14H2,1H3/t16-,18-/m0/s1. The first kappa shape index (κ1) is 28.7. The van der Waals surface area contributed by atoms with E-state index >= 15 is 0 Å². The van der Waals surface area contributed by atoms with E-state index in [2.05, 4.69) is 0 Å². The first-order chi connectivity index (χ1) is 17.7. The van der Waals surface area contributed by atoms with Gasteiger partial charge in [-0.15, -0.1) is 0 Å². The third-order valence-electron chi connectivity index (χ3n) is 6.77. The summed E-state index contributed by atoms with van der Waals surface area (Å²) in [6, 6.07) is 6.67. The number of sulfonamides is 1. The van der Waals surface area contributed by atoms with E-state index in [1.807, 2.05) is 0 Å². The minimum atomic E-state index is -4.66. The second kappa shape index (κ2) is 11.1. The molecule has 38 heavy (non-hydrogen) atoms. The van der Waals surface area contributed by atoms with E-state index < -0.39 is 39.2 Å². The van der Waals surface area contributed by atoms with Gasteiger partial charge in [0.05, 0.1) is 28.5 Å². The van der Waals surface area contributed by atoms with Gasteiger partial charge in [-0.05, 0) is 35.9 Å². The van der Waals surface area contributed by atoms with Gasteiger partial charge in [-0.25, -0.2) is 17.6 Å². The summed E-state index contributed by atoms with van der Waals surface area (Å²) in [5, 5.41) is 0.637. The average molecular weight is 598 g/mol. The summed E-state index contributed by atoms with van der Waals surface area (Å²) in [4.78, 5) is 16.4. The van der Waals surface area contributed by atoms with Crippen LogP contribution < -0.4 is 4.74 Å². The number of nitrogens with zero attached hydrogens (tertiary/aromatic N) is 3. The Morgan fingerprint density at radius 2 is 1.68 bits per heavy atom. The third kappa shape index (κ3) is 6.47. The SMILES string of the molecule is CS(=O)(=O)N1CCN(C(=O)N2C[C@@H](COc3cc(C(F)(F)F)ccc3F)[C@H](c3ccc(Cl)c(Cl)c3)C2)CC1. The van der Waals surface area contributed by atoms with Crippen molar-refractivity contribution in [2.24, 2.45) is 5.92 Å². The predicted molar refractivity (Wildman–Crippen MR) is 135 cm³/mol. The molecule has 2 aliphatic rings. The molecular formula is C24H25Cl2F4N3O4S. The molecule has 2 aromatic rings. The number of hydrogen-bond donors (Lipinski definition) is 0. The highest BCUT2D eigenvalue weighted by Crippen LogP contribution is 2.38. The van der Waals surface area contributed by atoms with Crippen LogP contribution in [0.5, 0.6) is 5.75 Å². The molecule has 4 rings (SSSR count). The summed E-state index contributed by atoms with van der Waals surface area (Å²) in [6.07, 6.45) is -3.54. The number of halogens is 6. The van der Waals surface area contributed by atoms with Crippen LogP contribution in [0.25, 0.3) is 0 Å². The van der Waals surface area contributed by atoms with E-state index in [1.54, 1.807) is 28.0 Å². The number of rotatable bonds is 5. The highest BCUT2D eigenvalue weighted by molar-refractivity contribution is 7.88. The van der Waals surface area contributed by atoms with Crippen LogP contribution >= 0.6 is 23.2 Å². The summed E-state index contributed by atoms with van der Waals surface area (Å²) < 4.78 is 84.0. The lowest BCUT2D eigenvalue weighted by molar-refractivity contribution is -0.137. The number of ether oxygens (including phenoxy) is 1. The third-order valence-corrected chi connectivity index (χ3v) is 8.82. The molecule has 2 aliphatic heterocycles. The fraction of sp³-hybridized carbons (Fsp3) is 0.458. The first-order valence-electron chi connectivity index (χ1n) is 11.7. The summed E-state index contributed by atoms with van der Waals surface area (Å²) in [6.45, 7) is 1.08. The van der Waals surface area contributed by atoms with Gasteiger partial charge in [0, 0.05) is 51.1 Å². The van der Waals surface area contributed by atoms with Gasteiger partial charge in [-0.1, -0.05) is 29.3 Å². The Kier molecular flexibility index (Phi) is 8.37. The fourth-order valence-corrected chi connectivity index (χ4v) is 5.85. The van der Waals surface area contributed by atoms with Gasteiger partial charge >= 0.3 is 12.2 Å². The van der Waals surface area contributed by atoms with Crippen LogP contribution in [0, 0.1) is 11.7 Å². The van der Waals surface area contributed by atoms with Crippen molar-refractivity contribution >= 4 is 39.3 Å².